The van der Waals surface area contributed by atoms with Crippen LogP contribution in [-0.4, -0.2) is 39.0 Å². The third-order valence-corrected chi connectivity index (χ3v) is 4.62. The van der Waals surface area contributed by atoms with Gasteiger partial charge < -0.3 is 9.32 Å². The highest BCUT2D eigenvalue weighted by molar-refractivity contribution is 5.93. The maximum Gasteiger partial charge on any atom is 0.325 e. The van der Waals surface area contributed by atoms with Gasteiger partial charge in [0.25, 0.3) is 5.91 Å². The molecular weight excluding hydrogens is 359 g/mol. The van der Waals surface area contributed by atoms with Crippen LogP contribution in [0.15, 0.2) is 59.0 Å². The molecular formula is C21H19FN4O2. The molecule has 0 aliphatic heterocycles. The van der Waals surface area contributed by atoms with Gasteiger partial charge in [0.15, 0.2) is 5.82 Å². The van der Waals surface area contributed by atoms with E-state index in [0.717, 1.165) is 5.56 Å². The molecule has 0 atom stereocenters. The van der Waals surface area contributed by atoms with E-state index in [2.05, 4.69) is 10.1 Å². The zero-order valence-corrected chi connectivity index (χ0v) is 15.6. The number of halogens is 1. The second kappa shape index (κ2) is 7.26. The van der Waals surface area contributed by atoms with E-state index in [-0.39, 0.29) is 23.3 Å². The van der Waals surface area contributed by atoms with Gasteiger partial charge in [-0.15, -0.1) is 5.10 Å². The number of nitrogens with zero attached hydrogens (tertiary/aromatic N) is 4. The Kier molecular flexibility index (Phi) is 4.65. The number of hydrogen-bond acceptors (Lipinski definition) is 4. The van der Waals surface area contributed by atoms with Crippen molar-refractivity contribution in [2.75, 3.05) is 13.6 Å². The first-order valence-corrected chi connectivity index (χ1v) is 9.00. The minimum Gasteiger partial charge on any atom is -0.416 e. The van der Waals surface area contributed by atoms with Crippen molar-refractivity contribution in [2.45, 2.75) is 13.3 Å². The van der Waals surface area contributed by atoms with Gasteiger partial charge >= 0.3 is 5.84 Å². The minimum absolute atomic E-state index is 0.218. The normalized spacial score (nSPS) is 11.1. The van der Waals surface area contributed by atoms with Gasteiger partial charge in [-0.3, -0.25) is 4.79 Å². The summed E-state index contributed by atoms with van der Waals surface area (Å²) in [5, 5.41) is 4.52. The highest BCUT2D eigenvalue weighted by Crippen LogP contribution is 2.24. The SMILES string of the molecule is CCN(C)C(=O)c1oc2nc(-c3ccc(F)cc3)nn2c1Cc1ccccc1. The summed E-state index contributed by atoms with van der Waals surface area (Å²) < 4.78 is 20.6. The van der Waals surface area contributed by atoms with Gasteiger partial charge in [-0.05, 0) is 36.8 Å². The van der Waals surface area contributed by atoms with Crippen LogP contribution >= 0.6 is 0 Å². The zero-order valence-electron chi connectivity index (χ0n) is 15.6. The van der Waals surface area contributed by atoms with Crippen LogP contribution in [-0.2, 0) is 6.42 Å². The van der Waals surface area contributed by atoms with Crippen LogP contribution in [0, 0.1) is 5.82 Å². The second-order valence-electron chi connectivity index (χ2n) is 6.50. The first kappa shape index (κ1) is 17.9. The van der Waals surface area contributed by atoms with Crippen molar-refractivity contribution in [3.63, 3.8) is 0 Å². The van der Waals surface area contributed by atoms with E-state index in [1.165, 1.54) is 12.1 Å². The first-order valence-electron chi connectivity index (χ1n) is 9.00. The summed E-state index contributed by atoms with van der Waals surface area (Å²) in [7, 11) is 1.72. The summed E-state index contributed by atoms with van der Waals surface area (Å²) in [5.41, 5.74) is 2.33. The Morgan fingerprint density at radius 1 is 1.14 bits per heavy atom. The van der Waals surface area contributed by atoms with Gasteiger partial charge in [-0.25, -0.2) is 4.39 Å². The second-order valence-corrected chi connectivity index (χ2v) is 6.50. The van der Waals surface area contributed by atoms with Crippen molar-refractivity contribution in [1.82, 2.24) is 19.5 Å². The quantitative estimate of drug-likeness (QED) is 0.530. The highest BCUT2D eigenvalue weighted by atomic mass is 19.1. The van der Waals surface area contributed by atoms with Crippen molar-refractivity contribution < 1.29 is 13.6 Å². The lowest BCUT2D eigenvalue weighted by Gasteiger charge is -2.13. The van der Waals surface area contributed by atoms with Crippen molar-refractivity contribution in [1.29, 1.82) is 0 Å². The van der Waals surface area contributed by atoms with Crippen molar-refractivity contribution in [3.05, 3.63) is 77.4 Å². The number of amides is 1. The number of carbonyl (C=O) groups is 1. The molecule has 0 aliphatic carbocycles. The molecule has 2 aromatic carbocycles. The van der Waals surface area contributed by atoms with Crippen LogP contribution in [0.3, 0.4) is 0 Å². The summed E-state index contributed by atoms with van der Waals surface area (Å²) in [4.78, 5) is 18.7. The molecule has 0 radical (unpaired) electrons. The number of carbonyl (C=O) groups excluding carboxylic acids is 1. The Morgan fingerprint density at radius 3 is 2.54 bits per heavy atom. The van der Waals surface area contributed by atoms with Crippen molar-refractivity contribution >= 4 is 11.8 Å². The highest BCUT2D eigenvalue weighted by Gasteiger charge is 2.26. The number of fused-ring (bicyclic) bond motifs is 1. The largest absolute Gasteiger partial charge is 0.416 e. The minimum atomic E-state index is -0.327. The van der Waals surface area contributed by atoms with Crippen LogP contribution in [0.1, 0.15) is 28.7 Å². The lowest BCUT2D eigenvalue weighted by molar-refractivity contribution is 0.0771. The Labute approximate surface area is 161 Å². The van der Waals surface area contributed by atoms with Crippen LogP contribution in [0.4, 0.5) is 4.39 Å². The maximum atomic E-state index is 13.2. The predicted molar refractivity (Wildman–Crippen MR) is 103 cm³/mol. The Hall–Kier alpha value is -3.48. The number of hydrogen-bond donors (Lipinski definition) is 0. The standard InChI is InChI=1S/C21H19FN4O2/c1-3-25(2)20(27)18-17(13-14-7-5-4-6-8-14)26-21(28-18)23-19(24-26)15-9-11-16(22)12-10-15/h4-12H,3,13H2,1-2H3. The molecule has 4 aromatic rings. The summed E-state index contributed by atoms with van der Waals surface area (Å²) in [5.74, 6) is 0.332. The molecule has 0 spiro atoms. The molecule has 0 N–H and O–H groups in total. The molecule has 6 nitrogen and oxygen atoms in total. The van der Waals surface area contributed by atoms with Crippen molar-refractivity contribution in [3.8, 4) is 11.4 Å². The van der Waals surface area contributed by atoms with E-state index < -0.39 is 0 Å². The van der Waals surface area contributed by atoms with E-state index in [9.17, 15) is 9.18 Å². The third kappa shape index (κ3) is 3.26. The predicted octanol–water partition coefficient (Wildman–Crippen LogP) is 3.81. The molecule has 2 heterocycles. The molecule has 142 valence electrons. The average Bonchev–Trinajstić information content (AvgIpc) is 3.27. The third-order valence-electron chi connectivity index (χ3n) is 4.62. The molecule has 0 aliphatic rings. The molecule has 0 bridgehead atoms. The average molecular weight is 378 g/mol. The van der Waals surface area contributed by atoms with Gasteiger partial charge in [0, 0.05) is 25.6 Å². The molecule has 1 amide bonds. The van der Waals surface area contributed by atoms with Gasteiger partial charge in [-0.1, -0.05) is 30.3 Å². The number of rotatable bonds is 5. The number of aromatic nitrogens is 3. The van der Waals surface area contributed by atoms with Crippen molar-refractivity contribution in [2.24, 2.45) is 0 Å². The molecule has 0 unspecified atom stereocenters. The molecule has 0 fully saturated rings. The lowest BCUT2D eigenvalue weighted by Crippen LogP contribution is -2.27. The molecule has 2 aromatic heterocycles. The summed E-state index contributed by atoms with van der Waals surface area (Å²) in [6, 6.07) is 15.7. The van der Waals surface area contributed by atoms with E-state index in [1.807, 2.05) is 37.3 Å². The first-order chi connectivity index (χ1) is 13.6. The van der Waals surface area contributed by atoms with E-state index >= 15 is 0 Å². The fraction of sp³-hybridized carbons (Fsp3) is 0.190. The van der Waals surface area contributed by atoms with Crippen LogP contribution in [0.2, 0.25) is 0 Å². The fourth-order valence-corrected chi connectivity index (χ4v) is 2.94. The lowest BCUT2D eigenvalue weighted by atomic mass is 10.1. The Morgan fingerprint density at radius 2 is 1.86 bits per heavy atom. The number of benzene rings is 2. The Bertz CT molecular complexity index is 1120. The number of oxazole rings is 1. The van der Waals surface area contributed by atoms with E-state index in [0.29, 0.717) is 30.0 Å². The van der Waals surface area contributed by atoms with Crippen LogP contribution < -0.4 is 0 Å². The van der Waals surface area contributed by atoms with Gasteiger partial charge in [0.05, 0.1) is 0 Å². The monoisotopic (exact) mass is 378 g/mol. The summed E-state index contributed by atoms with van der Waals surface area (Å²) in [6.45, 7) is 2.45. The Balaban J connectivity index is 1.82. The van der Waals surface area contributed by atoms with Gasteiger partial charge in [0.2, 0.25) is 5.76 Å². The molecule has 28 heavy (non-hydrogen) atoms. The summed E-state index contributed by atoms with van der Waals surface area (Å²) in [6.07, 6.45) is 0.471. The molecule has 7 heteroatoms. The topological polar surface area (TPSA) is 63.6 Å². The molecule has 0 saturated carbocycles. The molecule has 0 saturated heterocycles. The smallest absolute Gasteiger partial charge is 0.325 e. The van der Waals surface area contributed by atoms with E-state index in [4.69, 9.17) is 4.42 Å². The zero-order chi connectivity index (χ0) is 19.7. The van der Waals surface area contributed by atoms with Crippen LogP contribution in [0.25, 0.3) is 17.2 Å². The maximum absolute atomic E-state index is 13.2. The van der Waals surface area contributed by atoms with Gasteiger partial charge in [0.1, 0.15) is 11.5 Å². The van der Waals surface area contributed by atoms with E-state index in [1.54, 1.807) is 28.6 Å². The van der Waals surface area contributed by atoms with Gasteiger partial charge in [-0.2, -0.15) is 9.50 Å². The fourth-order valence-electron chi connectivity index (χ4n) is 2.94. The summed E-state index contributed by atoms with van der Waals surface area (Å²) >= 11 is 0. The molecule has 4 rings (SSSR count). The van der Waals surface area contributed by atoms with Crippen LogP contribution in [0.5, 0.6) is 0 Å².